The van der Waals surface area contributed by atoms with Gasteiger partial charge in [0.1, 0.15) is 6.04 Å². The van der Waals surface area contributed by atoms with Crippen LogP contribution in [0.4, 0.5) is 0 Å². The van der Waals surface area contributed by atoms with Crippen LogP contribution in [0, 0.1) is 5.41 Å². The zero-order valence-electron chi connectivity index (χ0n) is 12.3. The second-order valence-corrected chi connectivity index (χ2v) is 5.89. The standard InChI is InChI=1S/C14H25N3O2S/c1-3-16-11(18)10(2)17-13(19)14(12(15)20)8-6-4-5-7-9-14/h10H,3-9H2,1-2H3,(H2,15,20)(H,16,18)(H,17,19). The number of hydrogen-bond donors (Lipinski definition) is 3. The Kier molecular flexibility index (Phi) is 6.39. The van der Waals surface area contributed by atoms with Gasteiger partial charge in [0.25, 0.3) is 0 Å². The summed E-state index contributed by atoms with van der Waals surface area (Å²) in [4.78, 5) is 24.5. The zero-order valence-corrected chi connectivity index (χ0v) is 13.1. The normalized spacial score (nSPS) is 19.5. The van der Waals surface area contributed by atoms with Gasteiger partial charge in [0.2, 0.25) is 11.8 Å². The highest BCUT2D eigenvalue weighted by molar-refractivity contribution is 7.80. The molecule has 20 heavy (non-hydrogen) atoms. The van der Waals surface area contributed by atoms with Crippen LogP contribution in [-0.4, -0.2) is 29.4 Å². The predicted molar refractivity (Wildman–Crippen MR) is 83.2 cm³/mol. The minimum atomic E-state index is -0.785. The Morgan fingerprint density at radius 1 is 1.25 bits per heavy atom. The van der Waals surface area contributed by atoms with Crippen molar-refractivity contribution in [2.24, 2.45) is 11.1 Å². The monoisotopic (exact) mass is 299 g/mol. The van der Waals surface area contributed by atoms with Gasteiger partial charge in [0, 0.05) is 6.54 Å². The van der Waals surface area contributed by atoms with Crippen LogP contribution >= 0.6 is 12.2 Å². The van der Waals surface area contributed by atoms with Crippen molar-refractivity contribution in [2.75, 3.05) is 6.54 Å². The van der Waals surface area contributed by atoms with Crippen LogP contribution in [-0.2, 0) is 9.59 Å². The lowest BCUT2D eigenvalue weighted by Gasteiger charge is -2.31. The van der Waals surface area contributed by atoms with Crippen LogP contribution in [0.15, 0.2) is 0 Å². The van der Waals surface area contributed by atoms with E-state index in [1.54, 1.807) is 6.92 Å². The number of hydrogen-bond acceptors (Lipinski definition) is 3. The summed E-state index contributed by atoms with van der Waals surface area (Å²) < 4.78 is 0. The first-order valence-corrected chi connectivity index (χ1v) is 7.73. The number of carbonyl (C=O) groups excluding carboxylic acids is 2. The maximum absolute atomic E-state index is 12.6. The number of thiocarbonyl (C=S) groups is 1. The fraction of sp³-hybridized carbons (Fsp3) is 0.786. The third-order valence-corrected chi connectivity index (χ3v) is 4.35. The zero-order chi connectivity index (χ0) is 15.2. The number of nitrogens with one attached hydrogen (secondary N) is 2. The number of nitrogens with two attached hydrogens (primary N) is 1. The molecular weight excluding hydrogens is 274 g/mol. The first-order valence-electron chi connectivity index (χ1n) is 7.32. The summed E-state index contributed by atoms with van der Waals surface area (Å²) in [6.07, 6.45) is 5.44. The highest BCUT2D eigenvalue weighted by Crippen LogP contribution is 2.35. The van der Waals surface area contributed by atoms with Gasteiger partial charge in [-0.2, -0.15) is 0 Å². The molecule has 0 bridgehead atoms. The summed E-state index contributed by atoms with van der Waals surface area (Å²) in [5.41, 5.74) is 5.07. The van der Waals surface area contributed by atoms with Crippen LogP contribution in [0.2, 0.25) is 0 Å². The average molecular weight is 299 g/mol. The molecule has 0 heterocycles. The van der Waals surface area contributed by atoms with E-state index in [1.807, 2.05) is 6.92 Å². The van der Waals surface area contributed by atoms with Crippen LogP contribution in [0.5, 0.6) is 0 Å². The van der Waals surface area contributed by atoms with E-state index in [0.29, 0.717) is 19.4 Å². The molecule has 0 spiro atoms. The Balaban J connectivity index is 2.79. The molecule has 0 saturated heterocycles. The van der Waals surface area contributed by atoms with Gasteiger partial charge in [0.05, 0.1) is 10.4 Å². The number of likely N-dealkylation sites (N-methyl/N-ethyl adjacent to an activating group) is 1. The van der Waals surface area contributed by atoms with Gasteiger partial charge in [-0.05, 0) is 26.7 Å². The molecule has 5 nitrogen and oxygen atoms in total. The summed E-state index contributed by atoms with van der Waals surface area (Å²) in [6.45, 7) is 4.06. The van der Waals surface area contributed by atoms with Gasteiger partial charge in [-0.3, -0.25) is 9.59 Å². The van der Waals surface area contributed by atoms with Crippen molar-refractivity contribution in [3.63, 3.8) is 0 Å². The number of carbonyl (C=O) groups is 2. The summed E-state index contributed by atoms with van der Waals surface area (Å²) in [5, 5.41) is 5.46. The molecule has 114 valence electrons. The third kappa shape index (κ3) is 3.91. The first kappa shape index (κ1) is 16.9. The van der Waals surface area contributed by atoms with Gasteiger partial charge in [-0.25, -0.2) is 0 Å². The number of rotatable bonds is 5. The van der Waals surface area contributed by atoms with Gasteiger partial charge < -0.3 is 16.4 Å². The molecule has 1 fully saturated rings. The van der Waals surface area contributed by atoms with Crippen molar-refractivity contribution in [3.8, 4) is 0 Å². The Morgan fingerprint density at radius 2 is 1.80 bits per heavy atom. The maximum Gasteiger partial charge on any atom is 0.242 e. The molecular formula is C14H25N3O2S. The lowest BCUT2D eigenvalue weighted by Crippen LogP contribution is -2.54. The Morgan fingerprint density at radius 3 is 2.25 bits per heavy atom. The molecule has 1 atom stereocenters. The van der Waals surface area contributed by atoms with Crippen LogP contribution in [0.1, 0.15) is 52.4 Å². The van der Waals surface area contributed by atoms with Crippen molar-refractivity contribution >= 4 is 29.0 Å². The van der Waals surface area contributed by atoms with E-state index in [-0.39, 0.29) is 16.8 Å². The fourth-order valence-electron chi connectivity index (χ4n) is 2.65. The van der Waals surface area contributed by atoms with Gasteiger partial charge in [-0.15, -0.1) is 0 Å². The maximum atomic E-state index is 12.6. The quantitative estimate of drug-likeness (QED) is 0.527. The van der Waals surface area contributed by atoms with Crippen molar-refractivity contribution < 1.29 is 9.59 Å². The molecule has 0 aromatic rings. The minimum absolute atomic E-state index is 0.187. The molecule has 0 radical (unpaired) electrons. The summed E-state index contributed by atoms with van der Waals surface area (Å²) >= 11 is 5.15. The largest absolute Gasteiger partial charge is 0.392 e. The first-order chi connectivity index (χ1) is 9.44. The Hall–Kier alpha value is -1.17. The topological polar surface area (TPSA) is 84.2 Å². The number of amides is 2. The summed E-state index contributed by atoms with van der Waals surface area (Å²) in [6, 6.07) is -0.572. The van der Waals surface area contributed by atoms with E-state index in [2.05, 4.69) is 10.6 Å². The molecule has 0 aromatic heterocycles. The molecule has 1 saturated carbocycles. The predicted octanol–water partition coefficient (Wildman–Crippen LogP) is 1.25. The van der Waals surface area contributed by atoms with Crippen LogP contribution < -0.4 is 16.4 Å². The Bertz CT molecular complexity index is 377. The fourth-order valence-corrected chi connectivity index (χ4v) is 2.94. The van der Waals surface area contributed by atoms with Crippen LogP contribution in [0.3, 0.4) is 0 Å². The summed E-state index contributed by atoms with van der Waals surface area (Å²) in [7, 11) is 0. The molecule has 6 heteroatoms. The SMILES string of the molecule is CCNC(=O)C(C)NC(=O)C1(C(N)=S)CCCCCC1. The van der Waals surface area contributed by atoms with Gasteiger partial charge in [0.15, 0.2) is 0 Å². The highest BCUT2D eigenvalue weighted by atomic mass is 32.1. The van der Waals surface area contributed by atoms with E-state index >= 15 is 0 Å². The van der Waals surface area contributed by atoms with E-state index < -0.39 is 11.5 Å². The lowest BCUT2D eigenvalue weighted by atomic mass is 9.79. The molecule has 1 unspecified atom stereocenters. The minimum Gasteiger partial charge on any atom is -0.392 e. The molecule has 0 aliphatic heterocycles. The highest BCUT2D eigenvalue weighted by Gasteiger charge is 2.42. The molecule has 4 N–H and O–H groups in total. The van der Waals surface area contributed by atoms with Gasteiger partial charge in [-0.1, -0.05) is 37.9 Å². The average Bonchev–Trinajstić information content (AvgIpc) is 2.65. The van der Waals surface area contributed by atoms with Crippen molar-refractivity contribution in [1.29, 1.82) is 0 Å². The van der Waals surface area contributed by atoms with E-state index in [4.69, 9.17) is 18.0 Å². The van der Waals surface area contributed by atoms with E-state index in [1.165, 1.54) is 0 Å². The molecule has 1 aliphatic carbocycles. The molecule has 1 aliphatic rings. The lowest BCUT2D eigenvalue weighted by molar-refractivity contribution is -0.132. The molecule has 1 rings (SSSR count). The Labute approximate surface area is 126 Å². The van der Waals surface area contributed by atoms with E-state index in [0.717, 1.165) is 25.7 Å². The van der Waals surface area contributed by atoms with Crippen molar-refractivity contribution in [1.82, 2.24) is 10.6 Å². The van der Waals surface area contributed by atoms with Crippen molar-refractivity contribution in [2.45, 2.75) is 58.4 Å². The van der Waals surface area contributed by atoms with Gasteiger partial charge >= 0.3 is 0 Å². The summed E-state index contributed by atoms with van der Waals surface area (Å²) in [5.74, 6) is -0.391. The van der Waals surface area contributed by atoms with Crippen LogP contribution in [0.25, 0.3) is 0 Å². The van der Waals surface area contributed by atoms with Crippen molar-refractivity contribution in [3.05, 3.63) is 0 Å². The van der Waals surface area contributed by atoms with E-state index in [9.17, 15) is 9.59 Å². The molecule has 0 aromatic carbocycles. The molecule has 2 amide bonds. The second-order valence-electron chi connectivity index (χ2n) is 5.45. The smallest absolute Gasteiger partial charge is 0.242 e. The third-order valence-electron chi connectivity index (χ3n) is 3.96. The second kappa shape index (κ2) is 7.57.